The van der Waals surface area contributed by atoms with Gasteiger partial charge in [-0.05, 0) is 352 Å². The molecule has 4 bridgehead atoms. The first-order valence-electron chi connectivity index (χ1n) is 58.6. The Morgan fingerprint density at radius 1 is 0.333 bits per heavy atom. The number of hydrogen-bond acceptors (Lipinski definition) is 15. The first kappa shape index (κ1) is 131. The smallest absolute Gasteiger partial charge is 0.344 e. The summed E-state index contributed by atoms with van der Waals surface area (Å²) in [6.07, 6.45) is 27.0. The summed E-state index contributed by atoms with van der Waals surface area (Å²) in [5.74, 6) is 12.7. The molecular formula is C135H216O15. The molecule has 0 radical (unpaired) electrons. The average molecular weight is 2080 g/mol. The Hall–Kier alpha value is -7.63. The normalized spacial score (nSPS) is 19.5. The van der Waals surface area contributed by atoms with Gasteiger partial charge in [-0.1, -0.05) is 333 Å². The van der Waals surface area contributed by atoms with Crippen LogP contribution < -0.4 is 33.2 Å². The first-order valence-corrected chi connectivity index (χ1v) is 58.6. The Kier molecular flexibility index (Phi) is 54.5. The van der Waals surface area contributed by atoms with Crippen LogP contribution in [-0.2, 0) is 38.0 Å². The number of rotatable bonds is 42. The Morgan fingerprint density at radius 3 is 0.900 bits per heavy atom. The summed E-state index contributed by atoms with van der Waals surface area (Å²) >= 11 is 0. The van der Waals surface area contributed by atoms with Gasteiger partial charge >= 0.3 is 5.97 Å². The van der Waals surface area contributed by atoms with Gasteiger partial charge in [0.2, 0.25) is 31.5 Å². The Labute approximate surface area is 916 Å². The molecule has 6 aliphatic carbocycles. The van der Waals surface area contributed by atoms with E-state index in [0.29, 0.717) is 67.3 Å². The van der Waals surface area contributed by atoms with Crippen molar-refractivity contribution < 1.29 is 71.1 Å². The minimum absolute atomic E-state index is 0.00950. The molecule has 0 amide bonds. The molecule has 150 heavy (non-hydrogen) atoms. The van der Waals surface area contributed by atoms with Gasteiger partial charge in [0.15, 0.2) is 6.61 Å². The molecule has 0 N–H and O–H groups in total. The van der Waals surface area contributed by atoms with E-state index in [-0.39, 0.29) is 99.4 Å². The summed E-state index contributed by atoms with van der Waals surface area (Å²) in [5.41, 5.74) is 9.14. The van der Waals surface area contributed by atoms with Gasteiger partial charge in [-0.25, -0.2) is 4.79 Å². The van der Waals surface area contributed by atoms with Gasteiger partial charge in [-0.2, -0.15) is 0 Å². The highest BCUT2D eigenvalue weighted by atomic mass is 16.7. The van der Waals surface area contributed by atoms with Crippen molar-refractivity contribution in [1.82, 2.24) is 0 Å². The van der Waals surface area contributed by atoms with E-state index in [2.05, 4.69) is 383 Å². The summed E-state index contributed by atoms with van der Waals surface area (Å²) in [5, 5.41) is 0. The van der Waals surface area contributed by atoms with E-state index in [1.807, 2.05) is 50.2 Å². The van der Waals surface area contributed by atoms with Crippen molar-refractivity contribution in [3.05, 3.63) is 209 Å². The lowest BCUT2D eigenvalue weighted by molar-refractivity contribution is -0.191. The van der Waals surface area contributed by atoms with Crippen molar-refractivity contribution in [2.45, 2.75) is 513 Å². The molecule has 6 fully saturated rings. The van der Waals surface area contributed by atoms with E-state index in [4.69, 9.17) is 66.3 Å². The molecule has 7 aromatic carbocycles. The molecule has 0 aromatic heterocycles. The molecule has 0 saturated heterocycles. The van der Waals surface area contributed by atoms with Crippen molar-refractivity contribution >= 4 is 5.97 Å². The first-order chi connectivity index (χ1) is 70.3. The van der Waals surface area contributed by atoms with E-state index in [0.717, 1.165) is 129 Å². The maximum absolute atomic E-state index is 12.0. The number of ether oxygens (including phenoxy) is 14. The number of methoxy groups -OCH3 is 1. The van der Waals surface area contributed by atoms with Crippen molar-refractivity contribution in [2.75, 3.05) is 33.5 Å². The molecule has 0 heterocycles. The quantitative estimate of drug-likeness (QED) is 0.0203. The van der Waals surface area contributed by atoms with Gasteiger partial charge in [-0.15, -0.1) is 0 Å². The zero-order valence-corrected chi connectivity index (χ0v) is 102. The van der Waals surface area contributed by atoms with E-state index in [1.165, 1.54) is 116 Å². The van der Waals surface area contributed by atoms with Crippen LogP contribution >= 0.6 is 0 Å². The molecule has 6 saturated carbocycles. The molecule has 7 aromatic rings. The maximum Gasteiger partial charge on any atom is 0.344 e. The highest BCUT2D eigenvalue weighted by molar-refractivity contribution is 5.71. The second-order valence-electron chi connectivity index (χ2n) is 52.5. The summed E-state index contributed by atoms with van der Waals surface area (Å²) < 4.78 is 84.0. The van der Waals surface area contributed by atoms with Crippen LogP contribution in [0.3, 0.4) is 0 Å². The van der Waals surface area contributed by atoms with Gasteiger partial charge in [0.1, 0.15) is 51.4 Å². The van der Waals surface area contributed by atoms with Crippen LogP contribution in [0.1, 0.15) is 491 Å². The summed E-state index contributed by atoms with van der Waals surface area (Å²) in [4.78, 5) is 12.0. The van der Waals surface area contributed by atoms with Crippen molar-refractivity contribution in [3.63, 3.8) is 0 Å². The average Bonchev–Trinajstić information content (AvgIpc) is 0.813. The maximum atomic E-state index is 12.0. The lowest BCUT2D eigenvalue weighted by atomic mass is 9.54. The Bertz CT molecular complexity index is 4730. The zero-order valence-electron chi connectivity index (χ0n) is 102. The largest absolute Gasteiger partial charge is 0.488 e. The molecule has 6 aliphatic rings. The molecule has 0 aliphatic heterocycles. The molecule has 15 nitrogen and oxygen atoms in total. The monoisotopic (exact) mass is 2080 g/mol. The van der Waals surface area contributed by atoms with Gasteiger partial charge in [0.05, 0.1) is 37.6 Å². The predicted molar refractivity (Wildman–Crippen MR) is 628 cm³/mol. The van der Waals surface area contributed by atoms with Crippen LogP contribution in [0.15, 0.2) is 170 Å². The second-order valence-corrected chi connectivity index (χ2v) is 52.5. The van der Waals surface area contributed by atoms with Crippen LogP contribution in [0, 0.1) is 50.2 Å². The zero-order chi connectivity index (χ0) is 112. The minimum atomic E-state index is -0.285. The van der Waals surface area contributed by atoms with Crippen LogP contribution in [-0.4, -0.2) is 100.0 Å². The van der Waals surface area contributed by atoms with Crippen molar-refractivity contribution in [2.24, 2.45) is 50.2 Å². The number of carbonyl (C=O) groups is 1. The number of benzene rings is 7. The van der Waals surface area contributed by atoms with Crippen LogP contribution in [0.5, 0.6) is 40.2 Å². The van der Waals surface area contributed by atoms with Crippen molar-refractivity contribution in [1.29, 1.82) is 0 Å². The van der Waals surface area contributed by atoms with Crippen molar-refractivity contribution in [3.8, 4) is 40.2 Å². The third-order valence-corrected chi connectivity index (χ3v) is 30.3. The number of esters is 1. The fraction of sp³-hybridized carbons (Fsp3) is 0.681. The molecule has 0 spiro atoms. The van der Waals surface area contributed by atoms with Crippen LogP contribution in [0.2, 0.25) is 0 Å². The molecule has 13 rings (SSSR count). The standard InChI is InChI=1S/C27H42O3.C21H34O2.C20H34O2.C19H28O3.C18H30O2.C16H26O2.C14H22O/c1-6-19(2)23-7-9-24(10-8-23)30-25(26(3,4)5)28-11-12-29-27-16-20-13-21(17-27)15-22(14-20)18-27;1-6-16(2)17-12-14-19(15-13-17)23-20(21(3,4)5)22-18-10-8-7-9-11-18;1-9-15(2)16-10-12-17(13-11-16)22-18(20(6,7)8)21-14-19(3,4)5;1-4-15(3)16-8-10-17(11-9-16)21-14-18(20)22-19(5-2)12-6-7-13-19;1-8-14(4)15-9-11-16(12-10-15)20-17(18(5,6)7)19-13(2)3;1-7-12(2)13-8-10-14(11-9-13)18-15(17-6)16(3,4)5;1-6-11(2)12-7-9-13(10-8-12)15-14(3,4)5/h7-10,19-22,25H,6,11-18H2,1-5H3;12-16,18,20H,6-11H2,1-5H3;10-13,15,18H,9,14H2,1-8H3;8-11,15H,4-7,12-14H2,1-3H3;9-14,17H,8H2,1-7H3;8-12,15H,7H2,1-6H3;7-11H,6H2,1-5H3. The van der Waals surface area contributed by atoms with Gasteiger partial charge in [-0.3, -0.25) is 0 Å². The summed E-state index contributed by atoms with van der Waals surface area (Å²) in [6.45, 7) is 84.2. The summed E-state index contributed by atoms with van der Waals surface area (Å²) in [7, 11) is 1.68. The van der Waals surface area contributed by atoms with E-state index >= 15 is 0 Å². The highest BCUT2D eigenvalue weighted by Crippen LogP contribution is 2.57. The Morgan fingerprint density at radius 2 is 0.620 bits per heavy atom. The molecule has 15 heteroatoms. The van der Waals surface area contributed by atoms with Gasteiger partial charge < -0.3 is 66.3 Å². The van der Waals surface area contributed by atoms with E-state index in [9.17, 15) is 4.79 Å². The molecule has 846 valence electrons. The fourth-order valence-electron chi connectivity index (χ4n) is 19.6. The molecule has 12 unspecified atom stereocenters. The third-order valence-electron chi connectivity index (χ3n) is 30.3. The number of hydrogen-bond donors (Lipinski definition) is 0. The van der Waals surface area contributed by atoms with Crippen LogP contribution in [0.25, 0.3) is 0 Å². The molecule has 12 atom stereocenters. The predicted octanol–water partition coefficient (Wildman–Crippen LogP) is 38.5. The molecular weight excluding hydrogens is 1860 g/mol. The highest BCUT2D eigenvalue weighted by Gasteiger charge is 2.52. The lowest BCUT2D eigenvalue weighted by Crippen LogP contribution is -2.52. The SMILES string of the molecule is CCC(C)c1ccc(OC(C)(C)C)cc1.CCC(C)c1ccc(OC(OC(C)C)C(C)(C)C)cc1.CCC(C)c1ccc(OC(OC)C(C)(C)C)cc1.CCC(C)c1ccc(OC(OC2CCCCC2)C(C)(C)C)cc1.CCC(C)c1ccc(OC(OCC(C)(C)C)C(C)(C)C)cc1.CCC(C)c1ccc(OC(OCCOC23CC4CC(CC(C4)C2)C3)C(C)(C)C)cc1.CCC(C)c1ccc(OCC(=O)OC2(CC)CCCC2)cc1. The summed E-state index contributed by atoms with van der Waals surface area (Å²) in [6, 6.07) is 58.7. The topological polar surface area (TPSA) is 146 Å². The fourth-order valence-corrected chi connectivity index (χ4v) is 19.6. The Balaban J connectivity index is 0.000000269. The third kappa shape index (κ3) is 47.2. The van der Waals surface area contributed by atoms with E-state index in [1.54, 1.807) is 7.11 Å². The minimum Gasteiger partial charge on any atom is -0.488 e. The van der Waals surface area contributed by atoms with Gasteiger partial charge in [0, 0.05) is 34.2 Å². The second kappa shape index (κ2) is 62.3. The van der Waals surface area contributed by atoms with Crippen LogP contribution in [0.4, 0.5) is 0 Å². The number of carbonyl (C=O) groups excluding carboxylic acids is 1. The van der Waals surface area contributed by atoms with Gasteiger partial charge in [0.25, 0.3) is 0 Å². The lowest BCUT2D eigenvalue weighted by Gasteiger charge is -2.56. The van der Waals surface area contributed by atoms with E-state index < -0.39 is 0 Å².